The number of carbonyl (C=O) groups is 1. The molecule has 2 N–H and O–H groups in total. The van der Waals surface area contributed by atoms with Crippen molar-refractivity contribution < 1.29 is 4.79 Å². The minimum absolute atomic E-state index is 0.156. The van der Waals surface area contributed by atoms with Crippen molar-refractivity contribution in [3.63, 3.8) is 0 Å². The molecular formula is C14H23N5O. The molecule has 0 radical (unpaired) electrons. The number of carbonyl (C=O) groups excluding carboxylic acids is 1. The van der Waals surface area contributed by atoms with Gasteiger partial charge in [-0.05, 0) is 11.6 Å². The summed E-state index contributed by atoms with van der Waals surface area (Å²) in [6, 6.07) is 4.03. The molecule has 20 heavy (non-hydrogen) atoms. The topological polar surface area (TPSA) is 65.7 Å². The van der Waals surface area contributed by atoms with E-state index in [0.29, 0.717) is 13.1 Å². The van der Waals surface area contributed by atoms with E-state index in [-0.39, 0.29) is 5.91 Å². The summed E-state index contributed by atoms with van der Waals surface area (Å²) in [5.41, 5.74) is 6.62. The van der Waals surface area contributed by atoms with Crippen molar-refractivity contribution in [2.45, 2.75) is 6.54 Å². The first-order valence-electron chi connectivity index (χ1n) is 6.92. The van der Waals surface area contributed by atoms with Gasteiger partial charge in [0.2, 0.25) is 5.91 Å². The van der Waals surface area contributed by atoms with Crippen molar-refractivity contribution in [3.8, 4) is 0 Å². The Balaban J connectivity index is 1.85. The number of aromatic nitrogens is 1. The molecule has 2 heterocycles. The average molecular weight is 277 g/mol. The minimum atomic E-state index is 0.156. The van der Waals surface area contributed by atoms with E-state index in [1.54, 1.807) is 19.0 Å². The SMILES string of the molecule is CN(C)C(=O)CN1CCN(c2ccc(CN)cn2)CC1. The first-order chi connectivity index (χ1) is 9.60. The summed E-state index contributed by atoms with van der Waals surface area (Å²) < 4.78 is 0. The Bertz CT molecular complexity index is 437. The summed E-state index contributed by atoms with van der Waals surface area (Å²) in [5.74, 6) is 1.14. The zero-order valence-corrected chi connectivity index (χ0v) is 12.2. The van der Waals surface area contributed by atoms with Crippen molar-refractivity contribution in [3.05, 3.63) is 23.9 Å². The lowest BCUT2D eigenvalue weighted by Gasteiger charge is -2.35. The molecule has 2 rings (SSSR count). The molecular weight excluding hydrogens is 254 g/mol. The van der Waals surface area contributed by atoms with E-state index in [1.165, 1.54) is 0 Å². The molecule has 1 aliphatic heterocycles. The second-order valence-electron chi connectivity index (χ2n) is 5.28. The van der Waals surface area contributed by atoms with Crippen molar-refractivity contribution in [1.29, 1.82) is 0 Å². The first-order valence-corrected chi connectivity index (χ1v) is 6.92. The summed E-state index contributed by atoms with van der Waals surface area (Å²) in [6.45, 7) is 4.60. The van der Waals surface area contributed by atoms with Crippen LogP contribution in [0.4, 0.5) is 5.82 Å². The standard InChI is InChI=1S/C14H23N5O/c1-17(2)14(20)11-18-5-7-19(8-6-18)13-4-3-12(9-15)10-16-13/h3-4,10H,5-9,11,15H2,1-2H3. The summed E-state index contributed by atoms with van der Waals surface area (Å²) >= 11 is 0. The van der Waals surface area contributed by atoms with Crippen molar-refractivity contribution >= 4 is 11.7 Å². The molecule has 1 aromatic rings. The van der Waals surface area contributed by atoms with E-state index in [9.17, 15) is 4.79 Å². The minimum Gasteiger partial charge on any atom is -0.354 e. The monoisotopic (exact) mass is 277 g/mol. The van der Waals surface area contributed by atoms with Gasteiger partial charge in [-0.15, -0.1) is 0 Å². The van der Waals surface area contributed by atoms with E-state index in [0.717, 1.165) is 37.6 Å². The largest absolute Gasteiger partial charge is 0.354 e. The van der Waals surface area contributed by atoms with Gasteiger partial charge < -0.3 is 15.5 Å². The number of anilines is 1. The van der Waals surface area contributed by atoms with Gasteiger partial charge in [0.25, 0.3) is 0 Å². The van der Waals surface area contributed by atoms with E-state index >= 15 is 0 Å². The molecule has 0 atom stereocenters. The number of rotatable bonds is 4. The summed E-state index contributed by atoms with van der Waals surface area (Å²) in [7, 11) is 3.59. The highest BCUT2D eigenvalue weighted by atomic mass is 16.2. The number of hydrogen-bond donors (Lipinski definition) is 1. The van der Waals surface area contributed by atoms with Crippen LogP contribution in [0.25, 0.3) is 0 Å². The zero-order chi connectivity index (χ0) is 14.5. The van der Waals surface area contributed by atoms with Crippen molar-refractivity contribution in [1.82, 2.24) is 14.8 Å². The fourth-order valence-electron chi connectivity index (χ4n) is 2.19. The second-order valence-corrected chi connectivity index (χ2v) is 5.28. The van der Waals surface area contributed by atoms with Crippen LogP contribution in [-0.2, 0) is 11.3 Å². The van der Waals surface area contributed by atoms with E-state index < -0.39 is 0 Å². The molecule has 1 aliphatic rings. The molecule has 1 fully saturated rings. The van der Waals surface area contributed by atoms with Crippen molar-refractivity contribution in [2.24, 2.45) is 5.73 Å². The van der Waals surface area contributed by atoms with Gasteiger partial charge in [-0.25, -0.2) is 4.98 Å². The number of hydrogen-bond acceptors (Lipinski definition) is 5. The maximum absolute atomic E-state index is 11.7. The molecule has 0 bridgehead atoms. The molecule has 6 heteroatoms. The Kier molecular flexibility index (Phi) is 4.92. The number of likely N-dealkylation sites (N-methyl/N-ethyl adjacent to an activating group) is 1. The molecule has 0 spiro atoms. The number of pyridine rings is 1. The van der Waals surface area contributed by atoms with E-state index in [1.807, 2.05) is 18.3 Å². The Morgan fingerprint density at radius 2 is 2.00 bits per heavy atom. The Hall–Kier alpha value is -1.66. The number of piperazine rings is 1. The van der Waals surface area contributed by atoms with Crippen molar-refractivity contribution in [2.75, 3.05) is 51.7 Å². The number of amides is 1. The summed E-state index contributed by atoms with van der Waals surface area (Å²) in [5, 5.41) is 0. The smallest absolute Gasteiger partial charge is 0.236 e. The van der Waals surface area contributed by atoms with E-state index in [2.05, 4.69) is 14.8 Å². The Labute approximate surface area is 120 Å². The van der Waals surface area contributed by atoms with Gasteiger partial charge in [-0.3, -0.25) is 9.69 Å². The molecule has 0 saturated carbocycles. The number of nitrogens with two attached hydrogens (primary N) is 1. The predicted molar refractivity (Wildman–Crippen MR) is 79.5 cm³/mol. The molecule has 1 aromatic heterocycles. The van der Waals surface area contributed by atoms with Gasteiger partial charge >= 0.3 is 0 Å². The predicted octanol–water partition coefficient (Wildman–Crippen LogP) is -0.249. The van der Waals surface area contributed by atoms with Crippen LogP contribution in [-0.4, -0.2) is 67.5 Å². The maximum Gasteiger partial charge on any atom is 0.236 e. The van der Waals surface area contributed by atoms with Crippen LogP contribution in [0.3, 0.4) is 0 Å². The third-order valence-corrected chi connectivity index (χ3v) is 3.60. The van der Waals surface area contributed by atoms with Crippen LogP contribution in [0.15, 0.2) is 18.3 Å². The van der Waals surface area contributed by atoms with Crippen LogP contribution in [0.1, 0.15) is 5.56 Å². The summed E-state index contributed by atoms with van der Waals surface area (Å²) in [6.07, 6.45) is 1.83. The fourth-order valence-corrected chi connectivity index (χ4v) is 2.19. The van der Waals surface area contributed by atoms with Gasteiger partial charge in [-0.2, -0.15) is 0 Å². The molecule has 110 valence electrons. The van der Waals surface area contributed by atoms with Crippen LogP contribution in [0, 0.1) is 0 Å². The molecule has 6 nitrogen and oxygen atoms in total. The molecule has 0 aromatic carbocycles. The van der Waals surface area contributed by atoms with Crippen LogP contribution < -0.4 is 10.6 Å². The lowest BCUT2D eigenvalue weighted by Crippen LogP contribution is -2.49. The highest BCUT2D eigenvalue weighted by Gasteiger charge is 2.20. The highest BCUT2D eigenvalue weighted by Crippen LogP contribution is 2.13. The molecule has 0 aliphatic carbocycles. The fraction of sp³-hybridized carbons (Fsp3) is 0.571. The molecule has 0 unspecified atom stereocenters. The number of nitrogens with zero attached hydrogens (tertiary/aromatic N) is 4. The third-order valence-electron chi connectivity index (χ3n) is 3.60. The van der Waals surface area contributed by atoms with E-state index in [4.69, 9.17) is 5.73 Å². The molecule has 1 amide bonds. The third kappa shape index (κ3) is 3.68. The quantitative estimate of drug-likeness (QED) is 0.822. The van der Waals surface area contributed by atoms with Crippen LogP contribution >= 0.6 is 0 Å². The van der Waals surface area contributed by atoms with Gasteiger partial charge in [0.15, 0.2) is 0 Å². The lowest BCUT2D eigenvalue weighted by molar-refractivity contribution is -0.129. The maximum atomic E-state index is 11.7. The first kappa shape index (κ1) is 14.7. The van der Waals surface area contributed by atoms with Gasteiger partial charge in [0.1, 0.15) is 5.82 Å². The van der Waals surface area contributed by atoms with Crippen LogP contribution in [0.2, 0.25) is 0 Å². The zero-order valence-electron chi connectivity index (χ0n) is 12.2. The average Bonchev–Trinajstić information content (AvgIpc) is 2.48. The second kappa shape index (κ2) is 6.67. The Morgan fingerprint density at radius 1 is 1.30 bits per heavy atom. The van der Waals surface area contributed by atoms with Gasteiger partial charge in [0.05, 0.1) is 6.54 Å². The normalized spacial score (nSPS) is 16.2. The highest BCUT2D eigenvalue weighted by molar-refractivity contribution is 5.77. The van der Waals surface area contributed by atoms with Crippen LogP contribution in [0.5, 0.6) is 0 Å². The van der Waals surface area contributed by atoms with Gasteiger partial charge in [0, 0.05) is 53.0 Å². The lowest BCUT2D eigenvalue weighted by atomic mass is 10.2. The Morgan fingerprint density at radius 3 is 2.50 bits per heavy atom. The molecule has 1 saturated heterocycles. The summed E-state index contributed by atoms with van der Waals surface area (Å²) in [4.78, 5) is 22.2. The van der Waals surface area contributed by atoms with Gasteiger partial charge in [-0.1, -0.05) is 6.07 Å².